The number of carbonyl (C=O) groups excluding carboxylic acids is 1. The first kappa shape index (κ1) is 13.3. The van der Waals surface area contributed by atoms with Crippen LogP contribution in [0.25, 0.3) is 0 Å². The van der Waals surface area contributed by atoms with E-state index in [4.69, 9.17) is 0 Å². The Hall–Kier alpha value is -1.12. The summed E-state index contributed by atoms with van der Waals surface area (Å²) in [6.45, 7) is 7.17. The summed E-state index contributed by atoms with van der Waals surface area (Å²) in [6, 6.07) is 0. The van der Waals surface area contributed by atoms with Crippen molar-refractivity contribution in [2.45, 2.75) is 52.9 Å². The molecule has 0 spiro atoms. The number of aliphatic hydroxyl groups is 1. The predicted octanol–water partition coefficient (Wildman–Crippen LogP) is 3.45. The molecule has 0 aromatic heterocycles. The minimum absolute atomic E-state index is 0.0591. The topological polar surface area (TPSA) is 49.7 Å². The second-order valence-electron chi connectivity index (χ2n) is 6.50. The van der Waals surface area contributed by atoms with Gasteiger partial charge in [0.05, 0.1) is 5.57 Å². The van der Waals surface area contributed by atoms with E-state index in [0.29, 0.717) is 18.4 Å². The molecule has 1 heterocycles. The van der Waals surface area contributed by atoms with Gasteiger partial charge in [0.2, 0.25) is 0 Å². The maximum absolute atomic E-state index is 12.3. The standard InChI is InChI=1S/C15H23NO2/c1-15(2,3)10-8-12(17)14(13(18)9-10)11-6-4-5-7-16-11/h10,17H,4-9H2,1-3H3. The maximum atomic E-state index is 12.3. The normalized spacial score (nSPS) is 26.3. The van der Waals surface area contributed by atoms with Gasteiger partial charge in [-0.05, 0) is 30.6 Å². The second kappa shape index (κ2) is 4.87. The Labute approximate surface area is 109 Å². The van der Waals surface area contributed by atoms with E-state index in [1.54, 1.807) is 0 Å². The highest BCUT2D eigenvalue weighted by molar-refractivity contribution is 6.23. The van der Waals surface area contributed by atoms with Gasteiger partial charge >= 0.3 is 0 Å². The van der Waals surface area contributed by atoms with Crippen LogP contribution in [0.5, 0.6) is 0 Å². The van der Waals surface area contributed by atoms with Gasteiger partial charge in [0.1, 0.15) is 5.76 Å². The van der Waals surface area contributed by atoms with Gasteiger partial charge in [-0.1, -0.05) is 20.8 Å². The summed E-state index contributed by atoms with van der Waals surface area (Å²) in [5.41, 5.74) is 1.44. The molecule has 0 bridgehead atoms. The number of carbonyl (C=O) groups is 1. The van der Waals surface area contributed by atoms with Gasteiger partial charge in [-0.2, -0.15) is 0 Å². The van der Waals surface area contributed by atoms with Crippen LogP contribution in [0.4, 0.5) is 0 Å². The molecular formula is C15H23NO2. The molecule has 0 fully saturated rings. The quantitative estimate of drug-likeness (QED) is 0.773. The summed E-state index contributed by atoms with van der Waals surface area (Å²) >= 11 is 0. The smallest absolute Gasteiger partial charge is 0.168 e. The Bertz CT molecular complexity index is 413. The van der Waals surface area contributed by atoms with Crippen LogP contribution in [0.2, 0.25) is 0 Å². The number of aliphatic imine (C=N–C) groups is 1. The molecular weight excluding hydrogens is 226 g/mol. The van der Waals surface area contributed by atoms with Gasteiger partial charge in [-0.25, -0.2) is 0 Å². The second-order valence-corrected chi connectivity index (χ2v) is 6.50. The van der Waals surface area contributed by atoms with Gasteiger partial charge in [-0.15, -0.1) is 0 Å². The fraction of sp³-hybridized carbons (Fsp3) is 0.733. The monoisotopic (exact) mass is 249 g/mol. The van der Waals surface area contributed by atoms with Gasteiger partial charge < -0.3 is 5.11 Å². The largest absolute Gasteiger partial charge is 0.511 e. The minimum atomic E-state index is 0.0591. The van der Waals surface area contributed by atoms with Crippen molar-refractivity contribution in [3.8, 4) is 0 Å². The molecule has 0 aromatic rings. The molecule has 0 aromatic carbocycles. The van der Waals surface area contributed by atoms with Crippen molar-refractivity contribution in [3.05, 3.63) is 11.3 Å². The number of aliphatic hydroxyl groups excluding tert-OH is 1. The van der Waals surface area contributed by atoms with Gasteiger partial charge in [0.25, 0.3) is 0 Å². The molecule has 3 nitrogen and oxygen atoms in total. The lowest BCUT2D eigenvalue weighted by atomic mass is 9.71. The number of Topliss-reactive ketones (excluding diaryl/α,β-unsaturated/α-hetero) is 1. The molecule has 0 saturated carbocycles. The lowest BCUT2D eigenvalue weighted by molar-refractivity contribution is -0.117. The minimum Gasteiger partial charge on any atom is -0.511 e. The lowest BCUT2D eigenvalue weighted by Gasteiger charge is -2.34. The SMILES string of the molecule is CC(C)(C)C1CC(=O)C(C2=NCCCC2)=C(O)C1. The molecule has 1 unspecified atom stereocenters. The third kappa shape index (κ3) is 2.65. The van der Waals surface area contributed by atoms with E-state index in [1.165, 1.54) is 0 Å². The molecule has 0 radical (unpaired) electrons. The van der Waals surface area contributed by atoms with Crippen LogP contribution in [0.15, 0.2) is 16.3 Å². The number of nitrogens with zero attached hydrogens (tertiary/aromatic N) is 1. The third-order valence-electron chi connectivity index (χ3n) is 4.08. The summed E-state index contributed by atoms with van der Waals surface area (Å²) in [7, 11) is 0. The van der Waals surface area contributed by atoms with Crippen LogP contribution in [0.3, 0.4) is 0 Å². The summed E-state index contributed by atoms with van der Waals surface area (Å²) in [6.07, 6.45) is 4.17. The molecule has 2 aliphatic rings. The van der Waals surface area contributed by atoms with E-state index in [2.05, 4.69) is 25.8 Å². The van der Waals surface area contributed by atoms with Crippen LogP contribution in [0, 0.1) is 11.3 Å². The van der Waals surface area contributed by atoms with E-state index in [0.717, 1.165) is 31.5 Å². The first-order valence-corrected chi connectivity index (χ1v) is 6.88. The van der Waals surface area contributed by atoms with E-state index in [9.17, 15) is 9.90 Å². The van der Waals surface area contributed by atoms with Crippen molar-refractivity contribution in [2.24, 2.45) is 16.3 Å². The average molecular weight is 249 g/mol. The van der Waals surface area contributed by atoms with Crippen molar-refractivity contribution in [1.29, 1.82) is 0 Å². The highest BCUT2D eigenvalue weighted by Gasteiger charge is 2.36. The number of ketones is 1. The Balaban J connectivity index is 2.26. The Morgan fingerprint density at radius 3 is 2.44 bits per heavy atom. The first-order valence-electron chi connectivity index (χ1n) is 6.88. The number of rotatable bonds is 1. The van der Waals surface area contributed by atoms with Crippen molar-refractivity contribution < 1.29 is 9.90 Å². The fourth-order valence-corrected chi connectivity index (χ4v) is 2.74. The van der Waals surface area contributed by atoms with Crippen molar-refractivity contribution in [1.82, 2.24) is 0 Å². The molecule has 3 heteroatoms. The summed E-state index contributed by atoms with van der Waals surface area (Å²) in [5, 5.41) is 10.2. The molecule has 0 amide bonds. The van der Waals surface area contributed by atoms with Gasteiger partial charge in [0.15, 0.2) is 5.78 Å². The Morgan fingerprint density at radius 1 is 1.22 bits per heavy atom. The number of hydrogen-bond acceptors (Lipinski definition) is 3. The summed E-state index contributed by atoms with van der Waals surface area (Å²) < 4.78 is 0. The van der Waals surface area contributed by atoms with Crippen LogP contribution in [-0.4, -0.2) is 23.1 Å². The van der Waals surface area contributed by atoms with Crippen LogP contribution >= 0.6 is 0 Å². The number of hydrogen-bond donors (Lipinski definition) is 1. The fourth-order valence-electron chi connectivity index (χ4n) is 2.74. The molecule has 100 valence electrons. The Kier molecular flexibility index (Phi) is 3.60. The van der Waals surface area contributed by atoms with Crippen LogP contribution in [0.1, 0.15) is 52.9 Å². The highest BCUT2D eigenvalue weighted by atomic mass is 16.3. The molecule has 18 heavy (non-hydrogen) atoms. The molecule has 2 rings (SSSR count). The lowest BCUT2D eigenvalue weighted by Crippen LogP contribution is -2.31. The molecule has 1 aliphatic heterocycles. The van der Waals surface area contributed by atoms with E-state index in [1.807, 2.05) is 0 Å². The van der Waals surface area contributed by atoms with Crippen molar-refractivity contribution in [2.75, 3.05) is 6.54 Å². The first-order chi connectivity index (χ1) is 8.39. The highest BCUT2D eigenvalue weighted by Crippen LogP contribution is 2.38. The molecule has 1 aliphatic carbocycles. The van der Waals surface area contributed by atoms with Gasteiger partial charge in [-0.3, -0.25) is 9.79 Å². The van der Waals surface area contributed by atoms with E-state index < -0.39 is 0 Å². The zero-order valence-corrected chi connectivity index (χ0v) is 11.6. The zero-order valence-electron chi connectivity index (χ0n) is 11.6. The molecule has 1 atom stereocenters. The predicted molar refractivity (Wildman–Crippen MR) is 73.0 cm³/mol. The Morgan fingerprint density at radius 2 is 1.94 bits per heavy atom. The molecule has 0 saturated heterocycles. The zero-order chi connectivity index (χ0) is 13.3. The summed E-state index contributed by atoms with van der Waals surface area (Å²) in [4.78, 5) is 16.7. The third-order valence-corrected chi connectivity index (χ3v) is 4.08. The van der Waals surface area contributed by atoms with E-state index >= 15 is 0 Å². The number of allylic oxidation sites excluding steroid dienone is 2. The maximum Gasteiger partial charge on any atom is 0.168 e. The summed E-state index contributed by atoms with van der Waals surface area (Å²) in [5.74, 6) is 0.587. The van der Waals surface area contributed by atoms with E-state index in [-0.39, 0.29) is 22.9 Å². The van der Waals surface area contributed by atoms with Crippen LogP contribution in [-0.2, 0) is 4.79 Å². The van der Waals surface area contributed by atoms with Gasteiger partial charge in [0, 0.05) is 25.1 Å². The van der Waals surface area contributed by atoms with Crippen molar-refractivity contribution in [3.63, 3.8) is 0 Å². The molecule has 1 N–H and O–H groups in total. The van der Waals surface area contributed by atoms with Crippen LogP contribution < -0.4 is 0 Å². The van der Waals surface area contributed by atoms with Crippen molar-refractivity contribution >= 4 is 11.5 Å². The average Bonchev–Trinajstić information content (AvgIpc) is 2.28.